The van der Waals surface area contributed by atoms with E-state index < -0.39 is 0 Å². The van der Waals surface area contributed by atoms with Crippen LogP contribution in [0, 0.1) is 5.92 Å². The molecule has 0 saturated carbocycles. The average Bonchev–Trinajstić information content (AvgIpc) is 2.71. The van der Waals surface area contributed by atoms with Crippen molar-refractivity contribution in [2.24, 2.45) is 5.92 Å². The van der Waals surface area contributed by atoms with E-state index in [4.69, 9.17) is 4.74 Å². The molecule has 0 amide bonds. The number of likely N-dealkylation sites (tertiary alicyclic amines) is 1. The first-order valence-corrected chi connectivity index (χ1v) is 6.20. The van der Waals surface area contributed by atoms with Gasteiger partial charge in [-0.3, -0.25) is 0 Å². The summed E-state index contributed by atoms with van der Waals surface area (Å²) in [5.74, 6) is 0.842. The van der Waals surface area contributed by atoms with Crippen molar-refractivity contribution in [1.29, 1.82) is 0 Å². The molecule has 0 bridgehead atoms. The lowest BCUT2D eigenvalue weighted by Crippen LogP contribution is -2.24. The van der Waals surface area contributed by atoms with Crippen molar-refractivity contribution in [3.8, 4) is 0 Å². The van der Waals surface area contributed by atoms with Crippen LogP contribution in [0.3, 0.4) is 0 Å². The zero-order valence-electron chi connectivity index (χ0n) is 8.04. The average molecular weight is 248 g/mol. The molecule has 2 heterocycles. The third kappa shape index (κ3) is 2.93. The Hall–Kier alpha value is 0.400. The zero-order valence-corrected chi connectivity index (χ0v) is 9.63. The van der Waals surface area contributed by atoms with Gasteiger partial charge in [0.25, 0.3) is 0 Å². The standard InChI is InChI=1S/C10H18BrNO/c11-10-2-5-12(7-10)4-1-9-3-6-13-8-9/h9-10H,1-8H2. The van der Waals surface area contributed by atoms with Crippen molar-refractivity contribution in [2.75, 3.05) is 32.8 Å². The lowest BCUT2D eigenvalue weighted by Gasteiger charge is -2.16. The number of nitrogens with zero attached hydrogens (tertiary/aromatic N) is 1. The van der Waals surface area contributed by atoms with Crippen molar-refractivity contribution in [3.05, 3.63) is 0 Å². The first-order chi connectivity index (χ1) is 6.34. The fourth-order valence-corrected chi connectivity index (χ4v) is 2.78. The summed E-state index contributed by atoms with van der Waals surface area (Å²) in [6.07, 6.45) is 3.94. The molecule has 0 aromatic rings. The summed E-state index contributed by atoms with van der Waals surface area (Å²) in [5, 5.41) is 0. The quantitative estimate of drug-likeness (QED) is 0.707. The molecule has 0 spiro atoms. The minimum absolute atomic E-state index is 0.743. The van der Waals surface area contributed by atoms with Gasteiger partial charge in [0.2, 0.25) is 0 Å². The molecule has 2 saturated heterocycles. The Bertz CT molecular complexity index is 159. The molecule has 76 valence electrons. The molecule has 0 aliphatic carbocycles. The second-order valence-electron chi connectivity index (χ2n) is 4.20. The van der Waals surface area contributed by atoms with Crippen LogP contribution >= 0.6 is 15.9 Å². The Labute approximate surface area is 88.8 Å². The van der Waals surface area contributed by atoms with Crippen molar-refractivity contribution < 1.29 is 4.74 Å². The maximum atomic E-state index is 5.37. The summed E-state index contributed by atoms with van der Waals surface area (Å²) < 4.78 is 5.37. The highest BCUT2D eigenvalue weighted by Crippen LogP contribution is 2.20. The van der Waals surface area contributed by atoms with Crippen molar-refractivity contribution >= 4 is 15.9 Å². The van der Waals surface area contributed by atoms with Crippen molar-refractivity contribution in [2.45, 2.75) is 24.1 Å². The number of alkyl halides is 1. The Balaban J connectivity index is 1.62. The predicted octanol–water partition coefficient (Wildman–Crippen LogP) is 1.88. The molecular formula is C10H18BrNO. The van der Waals surface area contributed by atoms with Crippen molar-refractivity contribution in [3.63, 3.8) is 0 Å². The summed E-state index contributed by atoms with van der Waals surface area (Å²) in [7, 11) is 0. The van der Waals surface area contributed by atoms with Gasteiger partial charge in [-0.25, -0.2) is 0 Å². The van der Waals surface area contributed by atoms with Gasteiger partial charge >= 0.3 is 0 Å². The predicted molar refractivity (Wildman–Crippen MR) is 57.3 cm³/mol. The number of ether oxygens (including phenoxy) is 1. The van der Waals surface area contributed by atoms with Gasteiger partial charge in [0.05, 0.1) is 0 Å². The molecule has 2 nitrogen and oxygen atoms in total. The SMILES string of the molecule is BrC1CCN(CCC2CCOC2)C1. The molecule has 2 rings (SSSR count). The molecule has 0 N–H and O–H groups in total. The molecule has 2 atom stereocenters. The fraction of sp³-hybridized carbons (Fsp3) is 1.00. The summed E-state index contributed by atoms with van der Waals surface area (Å²) in [6.45, 7) is 5.80. The Morgan fingerprint density at radius 1 is 1.38 bits per heavy atom. The molecule has 0 aromatic carbocycles. The molecule has 2 fully saturated rings. The van der Waals surface area contributed by atoms with E-state index >= 15 is 0 Å². The highest BCUT2D eigenvalue weighted by molar-refractivity contribution is 9.09. The van der Waals surface area contributed by atoms with Crippen LogP contribution in [0.1, 0.15) is 19.3 Å². The highest BCUT2D eigenvalue weighted by atomic mass is 79.9. The molecule has 0 radical (unpaired) electrons. The third-order valence-electron chi connectivity index (χ3n) is 3.09. The van der Waals surface area contributed by atoms with Crippen LogP contribution in [0.5, 0.6) is 0 Å². The van der Waals surface area contributed by atoms with Gasteiger partial charge in [0.15, 0.2) is 0 Å². The fourth-order valence-electron chi connectivity index (χ4n) is 2.16. The number of hydrogen-bond donors (Lipinski definition) is 0. The van der Waals surface area contributed by atoms with E-state index in [2.05, 4.69) is 20.8 Å². The van der Waals surface area contributed by atoms with Crippen LogP contribution in [0.2, 0.25) is 0 Å². The van der Waals surface area contributed by atoms with E-state index in [1.54, 1.807) is 0 Å². The van der Waals surface area contributed by atoms with Gasteiger partial charge in [-0.1, -0.05) is 15.9 Å². The smallest absolute Gasteiger partial charge is 0.0495 e. The largest absolute Gasteiger partial charge is 0.381 e. The summed E-state index contributed by atoms with van der Waals surface area (Å²) in [4.78, 5) is 3.31. The van der Waals surface area contributed by atoms with Gasteiger partial charge in [0, 0.05) is 24.6 Å². The van der Waals surface area contributed by atoms with E-state index in [9.17, 15) is 0 Å². The Kier molecular flexibility index (Phi) is 3.64. The van der Waals surface area contributed by atoms with Crippen molar-refractivity contribution in [1.82, 2.24) is 4.90 Å². The molecule has 13 heavy (non-hydrogen) atoms. The second-order valence-corrected chi connectivity index (χ2v) is 5.50. The van der Waals surface area contributed by atoms with E-state index in [1.807, 2.05) is 0 Å². The minimum Gasteiger partial charge on any atom is -0.381 e. The number of halogens is 1. The Morgan fingerprint density at radius 3 is 2.92 bits per heavy atom. The van der Waals surface area contributed by atoms with Gasteiger partial charge in [-0.15, -0.1) is 0 Å². The van der Waals surface area contributed by atoms with Crippen LogP contribution < -0.4 is 0 Å². The molecular weight excluding hydrogens is 230 g/mol. The molecule has 0 aromatic heterocycles. The summed E-state index contributed by atoms with van der Waals surface area (Å²) in [6, 6.07) is 0. The lowest BCUT2D eigenvalue weighted by molar-refractivity contribution is 0.180. The molecule has 2 aliphatic rings. The van der Waals surface area contributed by atoms with Crippen LogP contribution in [-0.4, -0.2) is 42.6 Å². The summed E-state index contributed by atoms with van der Waals surface area (Å²) in [5.41, 5.74) is 0. The number of rotatable bonds is 3. The van der Waals surface area contributed by atoms with Gasteiger partial charge in [-0.2, -0.15) is 0 Å². The molecule has 2 aliphatic heterocycles. The van der Waals surface area contributed by atoms with Crippen LogP contribution in [0.25, 0.3) is 0 Å². The molecule has 2 unspecified atom stereocenters. The summed E-state index contributed by atoms with van der Waals surface area (Å²) >= 11 is 3.67. The highest BCUT2D eigenvalue weighted by Gasteiger charge is 2.22. The first kappa shape index (κ1) is 9.94. The van der Waals surface area contributed by atoms with Crippen LogP contribution in [0.4, 0.5) is 0 Å². The van der Waals surface area contributed by atoms with Crippen LogP contribution in [0.15, 0.2) is 0 Å². The maximum Gasteiger partial charge on any atom is 0.0495 e. The second kappa shape index (κ2) is 4.76. The zero-order chi connectivity index (χ0) is 9.10. The van der Waals surface area contributed by atoms with Gasteiger partial charge < -0.3 is 9.64 Å². The lowest BCUT2D eigenvalue weighted by atomic mass is 10.1. The Morgan fingerprint density at radius 2 is 2.31 bits per heavy atom. The van der Waals surface area contributed by atoms with Crippen LogP contribution in [-0.2, 0) is 4.74 Å². The van der Waals surface area contributed by atoms with E-state index in [1.165, 1.54) is 38.9 Å². The number of hydrogen-bond acceptors (Lipinski definition) is 2. The topological polar surface area (TPSA) is 12.5 Å². The van der Waals surface area contributed by atoms with E-state index in [0.717, 1.165) is 24.0 Å². The minimum atomic E-state index is 0.743. The third-order valence-corrected chi connectivity index (χ3v) is 3.84. The first-order valence-electron chi connectivity index (χ1n) is 5.29. The normalized spacial score (nSPS) is 35.8. The molecule has 3 heteroatoms. The maximum absolute atomic E-state index is 5.37. The van der Waals surface area contributed by atoms with E-state index in [0.29, 0.717) is 0 Å². The van der Waals surface area contributed by atoms with Gasteiger partial charge in [-0.05, 0) is 38.3 Å². The monoisotopic (exact) mass is 247 g/mol. The van der Waals surface area contributed by atoms with E-state index in [-0.39, 0.29) is 0 Å². The van der Waals surface area contributed by atoms with Gasteiger partial charge in [0.1, 0.15) is 0 Å².